The van der Waals surface area contributed by atoms with E-state index in [-0.39, 0.29) is 11.7 Å². The molecule has 0 aromatic carbocycles. The molecule has 1 atom stereocenters. The zero-order valence-electron chi connectivity index (χ0n) is 5.37. The summed E-state index contributed by atoms with van der Waals surface area (Å²) in [6.45, 7) is 0.602. The van der Waals surface area contributed by atoms with E-state index in [2.05, 4.69) is 10.2 Å². The highest BCUT2D eigenvalue weighted by Gasteiger charge is 2.20. The largest absolute Gasteiger partial charge is 0.343 e. The van der Waals surface area contributed by atoms with Crippen molar-refractivity contribution in [2.24, 2.45) is 5.73 Å². The molecule has 0 fully saturated rings. The van der Waals surface area contributed by atoms with Crippen LogP contribution < -0.4 is 11.4 Å². The Morgan fingerprint density at radius 1 is 1.80 bits per heavy atom. The van der Waals surface area contributed by atoms with E-state index in [0.717, 1.165) is 5.82 Å². The van der Waals surface area contributed by atoms with Gasteiger partial charge in [-0.3, -0.25) is 4.57 Å². The lowest BCUT2D eigenvalue weighted by molar-refractivity contribution is 0.621. The van der Waals surface area contributed by atoms with Gasteiger partial charge in [-0.2, -0.15) is 5.10 Å². The van der Waals surface area contributed by atoms with Crippen molar-refractivity contribution in [3.63, 3.8) is 0 Å². The molecule has 0 aliphatic carbocycles. The van der Waals surface area contributed by atoms with Crippen molar-refractivity contribution in [3.05, 3.63) is 16.3 Å². The molecule has 2 rings (SSSR count). The van der Waals surface area contributed by atoms with Crippen LogP contribution in [0.25, 0.3) is 0 Å². The van der Waals surface area contributed by atoms with Gasteiger partial charge in [-0.25, -0.2) is 9.89 Å². The molecule has 0 amide bonds. The minimum Gasteiger partial charge on any atom is -0.326 e. The van der Waals surface area contributed by atoms with Crippen LogP contribution in [0.4, 0.5) is 0 Å². The van der Waals surface area contributed by atoms with E-state index < -0.39 is 0 Å². The molecule has 0 spiro atoms. The molecule has 3 N–H and O–H groups in total. The van der Waals surface area contributed by atoms with Crippen molar-refractivity contribution < 1.29 is 0 Å². The van der Waals surface area contributed by atoms with Crippen molar-refractivity contribution in [3.8, 4) is 0 Å². The second-order valence-corrected chi connectivity index (χ2v) is 2.52. The van der Waals surface area contributed by atoms with Gasteiger partial charge in [0.1, 0.15) is 5.82 Å². The highest BCUT2D eigenvalue weighted by Crippen LogP contribution is 2.05. The number of aromatic amines is 1. The lowest BCUT2D eigenvalue weighted by atomic mass is 10.3. The Kier molecular flexibility index (Phi) is 0.960. The smallest absolute Gasteiger partial charge is 0.326 e. The van der Waals surface area contributed by atoms with Gasteiger partial charge in [0.05, 0.1) is 0 Å². The van der Waals surface area contributed by atoms with Gasteiger partial charge in [0.2, 0.25) is 0 Å². The third kappa shape index (κ3) is 0.607. The minimum atomic E-state index is -0.150. The predicted octanol–water partition coefficient (Wildman–Crippen LogP) is -1.55. The summed E-state index contributed by atoms with van der Waals surface area (Å²) in [7, 11) is 0. The van der Waals surface area contributed by atoms with Crippen LogP contribution in [0.1, 0.15) is 5.82 Å². The molecule has 1 aromatic heterocycles. The molecule has 5 heteroatoms. The third-order valence-corrected chi connectivity index (χ3v) is 1.70. The number of nitrogens with one attached hydrogen (secondary N) is 1. The van der Waals surface area contributed by atoms with Crippen LogP contribution in [0, 0.1) is 0 Å². The minimum absolute atomic E-state index is 0.0739. The third-order valence-electron chi connectivity index (χ3n) is 1.70. The Morgan fingerprint density at radius 2 is 2.60 bits per heavy atom. The SMILES string of the molecule is NC1Cc2n[nH]c(=O)n2C1. The first-order valence-corrected chi connectivity index (χ1v) is 3.17. The first-order valence-electron chi connectivity index (χ1n) is 3.17. The Bertz CT molecular complexity index is 299. The van der Waals surface area contributed by atoms with Gasteiger partial charge in [-0.15, -0.1) is 0 Å². The average molecular weight is 140 g/mol. The zero-order valence-corrected chi connectivity index (χ0v) is 5.37. The lowest BCUT2D eigenvalue weighted by Gasteiger charge is -1.95. The summed E-state index contributed by atoms with van der Waals surface area (Å²) in [5.41, 5.74) is 5.43. The van der Waals surface area contributed by atoms with Gasteiger partial charge in [0, 0.05) is 19.0 Å². The van der Waals surface area contributed by atoms with E-state index in [0.29, 0.717) is 13.0 Å². The molecule has 2 heterocycles. The van der Waals surface area contributed by atoms with Crippen LogP contribution in [0.2, 0.25) is 0 Å². The number of nitrogens with two attached hydrogens (primary N) is 1. The van der Waals surface area contributed by atoms with Gasteiger partial charge in [0.25, 0.3) is 0 Å². The molecule has 0 bridgehead atoms. The first kappa shape index (κ1) is 5.67. The van der Waals surface area contributed by atoms with Crippen LogP contribution in [0.5, 0.6) is 0 Å². The Labute approximate surface area is 56.8 Å². The molecule has 10 heavy (non-hydrogen) atoms. The second kappa shape index (κ2) is 1.69. The Morgan fingerprint density at radius 3 is 3.30 bits per heavy atom. The summed E-state index contributed by atoms with van der Waals surface area (Å²) >= 11 is 0. The molecule has 1 aromatic rings. The monoisotopic (exact) mass is 140 g/mol. The maximum Gasteiger partial charge on any atom is 0.343 e. The predicted molar refractivity (Wildman–Crippen MR) is 34.5 cm³/mol. The Hall–Kier alpha value is -1.10. The molecule has 0 saturated carbocycles. The molecule has 54 valence electrons. The number of rotatable bonds is 0. The number of hydrogen-bond acceptors (Lipinski definition) is 3. The maximum absolute atomic E-state index is 10.8. The topological polar surface area (TPSA) is 76.7 Å². The van der Waals surface area contributed by atoms with Gasteiger partial charge in [-0.1, -0.05) is 0 Å². The Balaban J connectivity index is 2.53. The highest BCUT2D eigenvalue weighted by molar-refractivity contribution is 4.97. The van der Waals surface area contributed by atoms with E-state index in [1.807, 2.05) is 0 Å². The van der Waals surface area contributed by atoms with Gasteiger partial charge < -0.3 is 5.73 Å². The van der Waals surface area contributed by atoms with Crippen LogP contribution in [-0.4, -0.2) is 20.8 Å². The molecule has 1 aliphatic rings. The van der Waals surface area contributed by atoms with Crippen LogP contribution >= 0.6 is 0 Å². The normalized spacial score (nSPS) is 23.1. The molecular weight excluding hydrogens is 132 g/mol. The summed E-state index contributed by atoms with van der Waals surface area (Å²) in [6.07, 6.45) is 0.707. The van der Waals surface area contributed by atoms with Gasteiger partial charge in [0.15, 0.2) is 0 Å². The molecule has 1 unspecified atom stereocenters. The summed E-state index contributed by atoms with van der Waals surface area (Å²) < 4.78 is 1.57. The van der Waals surface area contributed by atoms with Crippen molar-refractivity contribution >= 4 is 0 Å². The molecular formula is C5H8N4O. The summed E-state index contributed by atoms with van der Waals surface area (Å²) in [4.78, 5) is 10.8. The van der Waals surface area contributed by atoms with Crippen LogP contribution in [0.15, 0.2) is 4.79 Å². The summed E-state index contributed by atoms with van der Waals surface area (Å²) in [5.74, 6) is 0.775. The quantitative estimate of drug-likeness (QED) is 0.458. The fourth-order valence-electron chi connectivity index (χ4n) is 1.23. The van der Waals surface area contributed by atoms with E-state index >= 15 is 0 Å². The maximum atomic E-state index is 10.8. The molecule has 0 saturated heterocycles. The van der Waals surface area contributed by atoms with Crippen molar-refractivity contribution in [1.29, 1.82) is 0 Å². The lowest BCUT2D eigenvalue weighted by Crippen LogP contribution is -2.25. The van der Waals surface area contributed by atoms with Crippen molar-refractivity contribution in [2.75, 3.05) is 0 Å². The fourth-order valence-corrected chi connectivity index (χ4v) is 1.23. The number of fused-ring (bicyclic) bond motifs is 1. The first-order chi connectivity index (χ1) is 4.77. The van der Waals surface area contributed by atoms with Crippen molar-refractivity contribution in [1.82, 2.24) is 14.8 Å². The fraction of sp³-hybridized carbons (Fsp3) is 0.600. The van der Waals surface area contributed by atoms with Crippen LogP contribution in [0.3, 0.4) is 0 Å². The average Bonchev–Trinajstić information content (AvgIpc) is 2.35. The standard InChI is InChI=1S/C5H8N4O/c6-3-1-4-7-8-5(10)9(4)2-3/h3H,1-2,6H2,(H,8,10). The number of H-pyrrole nitrogens is 1. The number of nitrogens with zero attached hydrogens (tertiary/aromatic N) is 2. The van der Waals surface area contributed by atoms with E-state index in [9.17, 15) is 4.79 Å². The van der Waals surface area contributed by atoms with Gasteiger partial charge in [-0.05, 0) is 0 Å². The van der Waals surface area contributed by atoms with Crippen molar-refractivity contribution in [2.45, 2.75) is 19.0 Å². The molecule has 0 radical (unpaired) electrons. The highest BCUT2D eigenvalue weighted by atomic mass is 16.1. The van der Waals surface area contributed by atoms with E-state index in [1.54, 1.807) is 4.57 Å². The molecule has 5 nitrogen and oxygen atoms in total. The number of hydrogen-bond donors (Lipinski definition) is 2. The van der Waals surface area contributed by atoms with Gasteiger partial charge >= 0.3 is 5.69 Å². The zero-order chi connectivity index (χ0) is 7.14. The van der Waals surface area contributed by atoms with E-state index in [4.69, 9.17) is 5.73 Å². The second-order valence-electron chi connectivity index (χ2n) is 2.52. The summed E-state index contributed by atoms with van der Waals surface area (Å²) in [5, 5.41) is 6.15. The molecule has 1 aliphatic heterocycles. The van der Waals surface area contributed by atoms with Crippen LogP contribution in [-0.2, 0) is 13.0 Å². The number of aromatic nitrogens is 3. The summed E-state index contributed by atoms with van der Waals surface area (Å²) in [6, 6.07) is 0.0739. The van der Waals surface area contributed by atoms with E-state index in [1.165, 1.54) is 0 Å².